The number of rotatable bonds is 4. The number of nitrogens with zero attached hydrogens (tertiary/aromatic N) is 1. The number of ether oxygens (including phenoxy) is 1. The number of esters is 1. The third-order valence-electron chi connectivity index (χ3n) is 8.47. The summed E-state index contributed by atoms with van der Waals surface area (Å²) >= 11 is 0. The van der Waals surface area contributed by atoms with Crippen LogP contribution in [0.15, 0.2) is 11.1 Å². The normalized spacial score (nSPS) is 37.4. The Kier molecular flexibility index (Phi) is 7.04. The minimum atomic E-state index is -1.06. The van der Waals surface area contributed by atoms with Gasteiger partial charge in [0.15, 0.2) is 0 Å². The van der Waals surface area contributed by atoms with Crippen LogP contribution < -0.4 is 5.73 Å². The lowest BCUT2D eigenvalue weighted by molar-refractivity contribution is -0.170. The van der Waals surface area contributed by atoms with Gasteiger partial charge in [0.2, 0.25) is 5.91 Å². The molecule has 0 aromatic heterocycles. The molecule has 4 aliphatic rings. The van der Waals surface area contributed by atoms with Crippen molar-refractivity contribution in [2.24, 2.45) is 29.4 Å². The van der Waals surface area contributed by atoms with Crippen LogP contribution in [0.25, 0.3) is 0 Å². The lowest BCUT2D eigenvalue weighted by Crippen LogP contribution is -2.51. The van der Waals surface area contributed by atoms with Crippen LogP contribution >= 0.6 is 0 Å². The molecule has 0 bridgehead atoms. The smallest absolute Gasteiger partial charge is 0.334 e. The fourth-order valence-corrected chi connectivity index (χ4v) is 6.41. The van der Waals surface area contributed by atoms with Crippen molar-refractivity contribution in [2.45, 2.75) is 83.0 Å². The second-order valence-corrected chi connectivity index (χ2v) is 10.2. The largest absolute Gasteiger partial charge is 0.455 e. The van der Waals surface area contributed by atoms with Gasteiger partial charge in [-0.1, -0.05) is 18.4 Å². The maximum atomic E-state index is 13.0. The summed E-state index contributed by atoms with van der Waals surface area (Å²) in [5.74, 6) is 1.42. The first-order valence-corrected chi connectivity index (χ1v) is 12.1. The van der Waals surface area contributed by atoms with E-state index in [1.165, 1.54) is 25.7 Å². The fraction of sp³-hybridized carbons (Fsp3) is 0.833. The Morgan fingerprint density at radius 2 is 1.84 bits per heavy atom. The summed E-state index contributed by atoms with van der Waals surface area (Å²) < 4.78 is 5.47. The molecule has 0 aromatic carbocycles. The van der Waals surface area contributed by atoms with E-state index in [-0.39, 0.29) is 18.2 Å². The van der Waals surface area contributed by atoms with Gasteiger partial charge in [0.25, 0.3) is 0 Å². The van der Waals surface area contributed by atoms with E-state index in [2.05, 4.69) is 0 Å². The molecule has 2 aliphatic carbocycles. The Hall–Kier alpha value is -1.44. The molecule has 0 spiro atoms. The third-order valence-corrected chi connectivity index (χ3v) is 8.47. The van der Waals surface area contributed by atoms with Crippen LogP contribution in [0, 0.1) is 23.7 Å². The number of likely N-dealkylation sites (tertiary alicyclic amines) is 1. The maximum absolute atomic E-state index is 13.0. The van der Waals surface area contributed by atoms with Crippen molar-refractivity contribution in [3.63, 3.8) is 0 Å². The van der Waals surface area contributed by atoms with Gasteiger partial charge in [0.1, 0.15) is 12.2 Å². The van der Waals surface area contributed by atoms with Gasteiger partial charge < -0.3 is 25.6 Å². The van der Waals surface area contributed by atoms with Crippen molar-refractivity contribution < 1.29 is 24.5 Å². The zero-order chi connectivity index (χ0) is 22.1. The minimum Gasteiger partial charge on any atom is -0.455 e. The number of piperidine rings is 1. The van der Waals surface area contributed by atoms with E-state index in [4.69, 9.17) is 10.5 Å². The molecular formula is C24H38N2O5. The van der Waals surface area contributed by atoms with Crippen LogP contribution in [0.3, 0.4) is 0 Å². The first-order chi connectivity index (χ1) is 14.9. The molecule has 6 atom stereocenters. The maximum Gasteiger partial charge on any atom is 0.334 e. The van der Waals surface area contributed by atoms with E-state index < -0.39 is 24.3 Å². The highest BCUT2D eigenvalue weighted by Gasteiger charge is 2.45. The summed E-state index contributed by atoms with van der Waals surface area (Å²) in [4.78, 5) is 27.5. The molecule has 4 rings (SSSR count). The number of carbonyl (C=O) groups excluding carboxylic acids is 2. The summed E-state index contributed by atoms with van der Waals surface area (Å²) in [6, 6.07) is 0. The van der Waals surface area contributed by atoms with Crippen LogP contribution in [0.5, 0.6) is 0 Å². The lowest BCUT2D eigenvalue weighted by Gasteiger charge is -2.42. The quantitative estimate of drug-likeness (QED) is 0.581. The summed E-state index contributed by atoms with van der Waals surface area (Å²) in [6.07, 6.45) is 5.66. The molecule has 2 saturated carbocycles. The molecule has 6 unspecified atom stereocenters. The summed E-state index contributed by atoms with van der Waals surface area (Å²) in [5.41, 5.74) is 7.18. The van der Waals surface area contributed by atoms with Crippen molar-refractivity contribution in [3.8, 4) is 0 Å². The average molecular weight is 435 g/mol. The zero-order valence-electron chi connectivity index (χ0n) is 18.7. The number of aliphatic hydroxyl groups is 2. The molecule has 1 amide bonds. The summed E-state index contributed by atoms with van der Waals surface area (Å²) in [6.45, 7) is 4.17. The van der Waals surface area contributed by atoms with Crippen molar-refractivity contribution in [3.05, 3.63) is 11.1 Å². The topological polar surface area (TPSA) is 113 Å². The Morgan fingerprint density at radius 1 is 1.10 bits per heavy atom. The second kappa shape index (κ2) is 9.59. The average Bonchev–Trinajstić information content (AvgIpc) is 2.79. The van der Waals surface area contributed by atoms with E-state index in [9.17, 15) is 19.8 Å². The minimum absolute atomic E-state index is 0.0110. The molecule has 31 heavy (non-hydrogen) atoms. The molecule has 4 N–H and O–H groups in total. The molecule has 2 heterocycles. The third kappa shape index (κ3) is 4.69. The van der Waals surface area contributed by atoms with E-state index in [0.717, 1.165) is 44.0 Å². The van der Waals surface area contributed by atoms with Gasteiger partial charge in [0, 0.05) is 24.6 Å². The van der Waals surface area contributed by atoms with Gasteiger partial charge in [-0.05, 0) is 69.7 Å². The van der Waals surface area contributed by atoms with Gasteiger partial charge in [-0.25, -0.2) is 4.79 Å². The van der Waals surface area contributed by atoms with Crippen molar-refractivity contribution in [1.29, 1.82) is 0 Å². The first kappa shape index (κ1) is 22.7. The highest BCUT2D eigenvalue weighted by Crippen LogP contribution is 2.40. The summed E-state index contributed by atoms with van der Waals surface area (Å²) in [5, 5.41) is 20.1. The molecule has 174 valence electrons. The van der Waals surface area contributed by atoms with E-state index in [0.29, 0.717) is 30.3 Å². The highest BCUT2D eigenvalue weighted by atomic mass is 16.6. The number of fused-ring (bicyclic) bond motifs is 1. The zero-order valence-corrected chi connectivity index (χ0v) is 18.7. The number of hydrogen-bond donors (Lipinski definition) is 3. The van der Waals surface area contributed by atoms with Crippen molar-refractivity contribution in [2.75, 3.05) is 19.6 Å². The molecule has 3 fully saturated rings. The Morgan fingerprint density at radius 3 is 2.55 bits per heavy atom. The van der Waals surface area contributed by atoms with Crippen LogP contribution in [0.4, 0.5) is 0 Å². The number of hydrogen-bond acceptors (Lipinski definition) is 6. The molecule has 2 aliphatic heterocycles. The SMILES string of the molecule is CC1=C(CC(=O)N2CCC(C3CCCC(CN)C3)CC2)C(=O)OC2C1CCC(O)C2O. The first-order valence-electron chi connectivity index (χ1n) is 12.1. The van der Waals surface area contributed by atoms with Gasteiger partial charge in [0.05, 0.1) is 12.5 Å². The van der Waals surface area contributed by atoms with Crippen LogP contribution in [0.1, 0.15) is 64.7 Å². The van der Waals surface area contributed by atoms with Gasteiger partial charge >= 0.3 is 5.97 Å². The summed E-state index contributed by atoms with van der Waals surface area (Å²) in [7, 11) is 0. The predicted octanol–water partition coefficient (Wildman–Crippen LogP) is 1.75. The monoisotopic (exact) mass is 434 g/mol. The predicted molar refractivity (Wildman–Crippen MR) is 116 cm³/mol. The second-order valence-electron chi connectivity index (χ2n) is 10.2. The van der Waals surface area contributed by atoms with E-state index in [1.807, 2.05) is 11.8 Å². The Labute approximate surface area is 185 Å². The molecule has 0 aromatic rings. The number of amides is 1. The molecule has 0 radical (unpaired) electrons. The standard InChI is InChI=1S/C24H38N2O5/c1-14-18-5-6-20(27)22(29)23(18)31-24(30)19(14)12-21(28)26-9-7-16(8-10-26)17-4-2-3-15(11-17)13-25/h15-18,20,22-23,27,29H,2-13,25H2,1H3. The number of carbonyl (C=O) groups is 2. The van der Waals surface area contributed by atoms with Crippen molar-refractivity contribution >= 4 is 11.9 Å². The molecule has 7 heteroatoms. The molecular weight excluding hydrogens is 396 g/mol. The van der Waals surface area contributed by atoms with Gasteiger partial charge in [-0.2, -0.15) is 0 Å². The number of aliphatic hydroxyl groups excluding tert-OH is 2. The van der Waals surface area contributed by atoms with Crippen LogP contribution in [-0.2, 0) is 14.3 Å². The van der Waals surface area contributed by atoms with Crippen LogP contribution in [0.2, 0.25) is 0 Å². The highest BCUT2D eigenvalue weighted by molar-refractivity contribution is 5.96. The van der Waals surface area contributed by atoms with Crippen LogP contribution in [-0.4, -0.2) is 64.9 Å². The van der Waals surface area contributed by atoms with E-state index in [1.54, 1.807) is 0 Å². The fourth-order valence-electron chi connectivity index (χ4n) is 6.41. The number of nitrogens with two attached hydrogens (primary N) is 1. The van der Waals surface area contributed by atoms with Gasteiger partial charge in [-0.3, -0.25) is 4.79 Å². The molecule has 7 nitrogen and oxygen atoms in total. The van der Waals surface area contributed by atoms with E-state index >= 15 is 0 Å². The van der Waals surface area contributed by atoms with Gasteiger partial charge in [-0.15, -0.1) is 0 Å². The van der Waals surface area contributed by atoms with Crippen molar-refractivity contribution in [1.82, 2.24) is 4.90 Å². The lowest BCUT2D eigenvalue weighted by atomic mass is 9.72. The molecule has 1 saturated heterocycles. The Bertz CT molecular complexity index is 715. The Balaban J connectivity index is 1.34.